The lowest BCUT2D eigenvalue weighted by molar-refractivity contribution is -0.134. The first-order chi connectivity index (χ1) is 11.0. The SMILES string of the molecule is CC(C)CC(=O)N1CC[C@@H](NC(=O)c2cccnc2)[C@@H](CO)C1. The van der Waals surface area contributed by atoms with Crippen molar-refractivity contribution in [2.45, 2.75) is 32.7 Å². The summed E-state index contributed by atoms with van der Waals surface area (Å²) in [5.74, 6) is 0.109. The van der Waals surface area contributed by atoms with Gasteiger partial charge < -0.3 is 15.3 Å². The van der Waals surface area contributed by atoms with Gasteiger partial charge in [-0.1, -0.05) is 13.8 Å². The molecule has 126 valence electrons. The van der Waals surface area contributed by atoms with Crippen molar-refractivity contribution in [3.63, 3.8) is 0 Å². The second-order valence-corrected chi connectivity index (χ2v) is 6.49. The van der Waals surface area contributed by atoms with Gasteiger partial charge in [0.25, 0.3) is 5.91 Å². The third kappa shape index (κ3) is 4.76. The molecule has 1 aromatic rings. The molecule has 2 N–H and O–H groups in total. The number of aliphatic hydroxyl groups excluding tert-OH is 1. The smallest absolute Gasteiger partial charge is 0.253 e. The van der Waals surface area contributed by atoms with Crippen LogP contribution in [-0.2, 0) is 4.79 Å². The van der Waals surface area contributed by atoms with E-state index >= 15 is 0 Å². The van der Waals surface area contributed by atoms with E-state index in [1.807, 2.05) is 13.8 Å². The van der Waals surface area contributed by atoms with Gasteiger partial charge in [-0.25, -0.2) is 0 Å². The second-order valence-electron chi connectivity index (χ2n) is 6.49. The monoisotopic (exact) mass is 319 g/mol. The van der Waals surface area contributed by atoms with Crippen LogP contribution in [0.2, 0.25) is 0 Å². The minimum atomic E-state index is -0.191. The molecule has 1 fully saturated rings. The Morgan fingerprint density at radius 1 is 1.48 bits per heavy atom. The molecule has 6 nitrogen and oxygen atoms in total. The van der Waals surface area contributed by atoms with E-state index in [2.05, 4.69) is 10.3 Å². The Kier molecular flexibility index (Phi) is 6.10. The number of amides is 2. The largest absolute Gasteiger partial charge is 0.396 e. The van der Waals surface area contributed by atoms with Gasteiger partial charge in [-0.3, -0.25) is 14.6 Å². The van der Waals surface area contributed by atoms with E-state index in [1.165, 1.54) is 6.20 Å². The van der Waals surface area contributed by atoms with Crippen LogP contribution in [0.5, 0.6) is 0 Å². The normalized spacial score (nSPS) is 21.3. The molecule has 0 unspecified atom stereocenters. The average molecular weight is 319 g/mol. The van der Waals surface area contributed by atoms with Gasteiger partial charge in [0.2, 0.25) is 5.91 Å². The Labute approximate surface area is 136 Å². The van der Waals surface area contributed by atoms with E-state index in [0.29, 0.717) is 37.4 Å². The van der Waals surface area contributed by atoms with Crippen LogP contribution < -0.4 is 5.32 Å². The highest BCUT2D eigenvalue weighted by Gasteiger charge is 2.32. The minimum absolute atomic E-state index is 0.0521. The summed E-state index contributed by atoms with van der Waals surface area (Å²) in [4.78, 5) is 30.1. The summed E-state index contributed by atoms with van der Waals surface area (Å²) in [6, 6.07) is 3.29. The van der Waals surface area contributed by atoms with Crippen LogP contribution >= 0.6 is 0 Å². The van der Waals surface area contributed by atoms with E-state index in [0.717, 1.165) is 0 Å². The van der Waals surface area contributed by atoms with E-state index in [9.17, 15) is 14.7 Å². The van der Waals surface area contributed by atoms with Gasteiger partial charge in [0.05, 0.1) is 5.56 Å². The van der Waals surface area contributed by atoms with Crippen molar-refractivity contribution in [3.05, 3.63) is 30.1 Å². The first-order valence-corrected chi connectivity index (χ1v) is 8.10. The number of carbonyl (C=O) groups is 2. The molecule has 1 aromatic heterocycles. The molecule has 2 atom stereocenters. The predicted octanol–water partition coefficient (Wildman–Crippen LogP) is 1.07. The molecule has 0 aliphatic carbocycles. The Morgan fingerprint density at radius 3 is 2.87 bits per heavy atom. The van der Waals surface area contributed by atoms with Crippen molar-refractivity contribution < 1.29 is 14.7 Å². The van der Waals surface area contributed by atoms with Crippen molar-refractivity contribution in [1.29, 1.82) is 0 Å². The molecule has 0 bridgehead atoms. The van der Waals surface area contributed by atoms with Crippen molar-refractivity contribution in [3.8, 4) is 0 Å². The average Bonchev–Trinajstić information content (AvgIpc) is 2.55. The van der Waals surface area contributed by atoms with Gasteiger partial charge in [0.1, 0.15) is 0 Å². The lowest BCUT2D eigenvalue weighted by Crippen LogP contribution is -2.53. The first kappa shape index (κ1) is 17.4. The molecule has 1 aliphatic heterocycles. The van der Waals surface area contributed by atoms with Crippen LogP contribution in [0, 0.1) is 11.8 Å². The quantitative estimate of drug-likeness (QED) is 0.850. The maximum atomic E-state index is 12.2. The van der Waals surface area contributed by atoms with Gasteiger partial charge in [-0.2, -0.15) is 0 Å². The maximum absolute atomic E-state index is 12.2. The van der Waals surface area contributed by atoms with Gasteiger partial charge in [0.15, 0.2) is 0 Å². The summed E-state index contributed by atoms with van der Waals surface area (Å²) in [7, 11) is 0. The summed E-state index contributed by atoms with van der Waals surface area (Å²) >= 11 is 0. The zero-order valence-electron chi connectivity index (χ0n) is 13.7. The fourth-order valence-corrected chi connectivity index (χ4v) is 2.86. The van der Waals surface area contributed by atoms with Crippen LogP contribution in [0.3, 0.4) is 0 Å². The maximum Gasteiger partial charge on any atom is 0.253 e. The van der Waals surface area contributed by atoms with Crippen LogP contribution in [0.1, 0.15) is 37.0 Å². The highest BCUT2D eigenvalue weighted by atomic mass is 16.3. The molecule has 2 heterocycles. The van der Waals surface area contributed by atoms with E-state index in [-0.39, 0.29) is 30.4 Å². The summed E-state index contributed by atoms with van der Waals surface area (Å²) in [5, 5.41) is 12.6. The number of aromatic nitrogens is 1. The zero-order valence-corrected chi connectivity index (χ0v) is 13.7. The number of pyridine rings is 1. The molecule has 2 amide bonds. The second kappa shape index (κ2) is 8.06. The van der Waals surface area contributed by atoms with Crippen LogP contribution in [-0.4, -0.2) is 52.5 Å². The molecule has 1 aliphatic rings. The summed E-state index contributed by atoms with van der Waals surface area (Å²) in [6.07, 6.45) is 4.31. The minimum Gasteiger partial charge on any atom is -0.396 e. The number of aliphatic hydroxyl groups is 1. The number of likely N-dealkylation sites (tertiary alicyclic amines) is 1. The Bertz CT molecular complexity index is 533. The number of rotatable bonds is 5. The van der Waals surface area contributed by atoms with Crippen LogP contribution in [0.15, 0.2) is 24.5 Å². The number of hydrogen-bond acceptors (Lipinski definition) is 4. The standard InChI is InChI=1S/C17H25N3O3/c1-12(2)8-16(22)20-7-5-15(14(10-20)11-21)19-17(23)13-4-3-6-18-9-13/h3-4,6,9,12,14-15,21H,5,7-8,10-11H2,1-2H3,(H,19,23)/t14-,15-/m1/s1. The van der Waals surface area contributed by atoms with Crippen LogP contribution in [0.4, 0.5) is 0 Å². The lowest BCUT2D eigenvalue weighted by atomic mass is 9.92. The highest BCUT2D eigenvalue weighted by molar-refractivity contribution is 5.94. The topological polar surface area (TPSA) is 82.5 Å². The molecule has 0 radical (unpaired) electrons. The van der Waals surface area contributed by atoms with Gasteiger partial charge in [-0.15, -0.1) is 0 Å². The van der Waals surface area contributed by atoms with E-state index in [4.69, 9.17) is 0 Å². The van der Waals surface area contributed by atoms with Crippen molar-refractivity contribution >= 4 is 11.8 Å². The fraction of sp³-hybridized carbons (Fsp3) is 0.588. The molecule has 23 heavy (non-hydrogen) atoms. The lowest BCUT2D eigenvalue weighted by Gasteiger charge is -2.38. The van der Waals surface area contributed by atoms with Gasteiger partial charge in [0, 0.05) is 50.5 Å². The van der Waals surface area contributed by atoms with Crippen LogP contribution in [0.25, 0.3) is 0 Å². The zero-order chi connectivity index (χ0) is 16.8. The molecule has 0 spiro atoms. The van der Waals surface area contributed by atoms with Crippen molar-refractivity contribution in [2.24, 2.45) is 11.8 Å². The Balaban J connectivity index is 1.94. The predicted molar refractivity (Wildman–Crippen MR) is 86.7 cm³/mol. The Morgan fingerprint density at radius 2 is 2.26 bits per heavy atom. The third-order valence-electron chi connectivity index (χ3n) is 4.14. The number of hydrogen-bond donors (Lipinski definition) is 2. The van der Waals surface area contributed by atoms with Gasteiger partial charge in [-0.05, 0) is 24.5 Å². The van der Waals surface area contributed by atoms with Crippen molar-refractivity contribution in [2.75, 3.05) is 19.7 Å². The van der Waals surface area contributed by atoms with Gasteiger partial charge >= 0.3 is 0 Å². The fourth-order valence-electron chi connectivity index (χ4n) is 2.86. The molecule has 0 saturated carbocycles. The van der Waals surface area contributed by atoms with E-state index < -0.39 is 0 Å². The third-order valence-corrected chi connectivity index (χ3v) is 4.14. The number of piperidine rings is 1. The molecule has 1 saturated heterocycles. The highest BCUT2D eigenvalue weighted by Crippen LogP contribution is 2.19. The first-order valence-electron chi connectivity index (χ1n) is 8.10. The molecule has 2 rings (SSSR count). The molecular weight excluding hydrogens is 294 g/mol. The summed E-state index contributed by atoms with van der Waals surface area (Å²) in [5.41, 5.74) is 0.502. The summed E-state index contributed by atoms with van der Waals surface area (Å²) < 4.78 is 0. The molecular formula is C17H25N3O3. The number of nitrogens with zero attached hydrogens (tertiary/aromatic N) is 2. The molecule has 0 aromatic carbocycles. The molecule has 6 heteroatoms. The summed E-state index contributed by atoms with van der Waals surface area (Å²) in [6.45, 7) is 5.08. The number of carbonyl (C=O) groups excluding carboxylic acids is 2. The van der Waals surface area contributed by atoms with Crippen molar-refractivity contribution in [1.82, 2.24) is 15.2 Å². The Hall–Kier alpha value is -1.95. The van der Waals surface area contributed by atoms with E-state index in [1.54, 1.807) is 23.2 Å². The number of nitrogens with one attached hydrogen (secondary N) is 1.